The van der Waals surface area contributed by atoms with Gasteiger partial charge in [0, 0.05) is 18.0 Å². The second-order valence-electron chi connectivity index (χ2n) is 6.68. The summed E-state index contributed by atoms with van der Waals surface area (Å²) in [7, 11) is 1.52. The summed E-state index contributed by atoms with van der Waals surface area (Å²) in [6.07, 6.45) is 5.05. The average Bonchev–Trinajstić information content (AvgIpc) is 2.71. The molecule has 158 valence electrons. The minimum absolute atomic E-state index is 0.130. The first-order chi connectivity index (χ1) is 14.3. The predicted octanol–water partition coefficient (Wildman–Crippen LogP) is 4.97. The topological polar surface area (TPSA) is 103 Å². The van der Waals surface area contributed by atoms with Gasteiger partial charge in [-0.05, 0) is 62.2 Å². The van der Waals surface area contributed by atoms with Crippen LogP contribution in [0.4, 0.5) is 17.1 Å². The zero-order valence-electron chi connectivity index (χ0n) is 17.3. The highest BCUT2D eigenvalue weighted by atomic mass is 16.6. The van der Waals surface area contributed by atoms with Crippen molar-refractivity contribution in [2.24, 2.45) is 0 Å². The van der Waals surface area contributed by atoms with Gasteiger partial charge in [-0.1, -0.05) is 18.2 Å². The van der Waals surface area contributed by atoms with E-state index in [9.17, 15) is 14.9 Å². The molecule has 0 saturated carbocycles. The largest absolute Gasteiger partial charge is 0.459 e. The van der Waals surface area contributed by atoms with Gasteiger partial charge in [-0.3, -0.25) is 20.4 Å². The Hall–Kier alpha value is -3.65. The van der Waals surface area contributed by atoms with Gasteiger partial charge >= 0.3 is 5.97 Å². The number of rotatable bonds is 9. The van der Waals surface area contributed by atoms with Crippen molar-refractivity contribution >= 4 is 28.6 Å². The number of hydrogen-bond donors (Lipinski definition) is 2. The molecule has 0 aliphatic rings. The molecule has 0 bridgehead atoms. The van der Waals surface area contributed by atoms with Crippen LogP contribution in [-0.2, 0) is 9.57 Å². The van der Waals surface area contributed by atoms with Gasteiger partial charge in [-0.15, -0.1) is 0 Å². The van der Waals surface area contributed by atoms with Crippen molar-refractivity contribution in [1.29, 1.82) is 0 Å². The first-order valence-corrected chi connectivity index (χ1v) is 9.30. The van der Waals surface area contributed by atoms with Crippen LogP contribution in [0.3, 0.4) is 0 Å². The van der Waals surface area contributed by atoms with Crippen molar-refractivity contribution in [2.75, 3.05) is 12.4 Å². The molecule has 8 heteroatoms. The lowest BCUT2D eigenvalue weighted by molar-refractivity contribution is -0.383. The lowest BCUT2D eigenvalue weighted by atomic mass is 10.1. The van der Waals surface area contributed by atoms with E-state index in [1.54, 1.807) is 26.1 Å². The minimum Gasteiger partial charge on any atom is -0.459 e. The molecule has 2 N–H and O–H groups in total. The fourth-order valence-corrected chi connectivity index (χ4v) is 2.59. The van der Waals surface area contributed by atoms with Crippen molar-refractivity contribution < 1.29 is 19.3 Å². The second-order valence-corrected chi connectivity index (χ2v) is 6.68. The van der Waals surface area contributed by atoms with Gasteiger partial charge in [0.15, 0.2) is 0 Å². The van der Waals surface area contributed by atoms with E-state index in [0.717, 1.165) is 11.1 Å². The fraction of sp³-hybridized carbons (Fsp3) is 0.227. The molecule has 0 atom stereocenters. The van der Waals surface area contributed by atoms with Crippen LogP contribution in [-0.4, -0.2) is 24.1 Å². The summed E-state index contributed by atoms with van der Waals surface area (Å²) in [6.45, 7) is 5.39. The Morgan fingerprint density at radius 3 is 2.60 bits per heavy atom. The van der Waals surface area contributed by atoms with Gasteiger partial charge < -0.3 is 10.1 Å². The molecule has 0 radical (unpaired) electrons. The number of nitro groups is 1. The van der Waals surface area contributed by atoms with Crippen LogP contribution in [0.2, 0.25) is 0 Å². The van der Waals surface area contributed by atoms with Crippen LogP contribution in [0.1, 0.15) is 36.7 Å². The maximum absolute atomic E-state index is 12.1. The molecule has 2 rings (SSSR count). The SMILES string of the molecule is CON/C=C\C=C(/C)c1cccc(Nc2ccc(C(=O)OC(C)C)cc2[N+](=O)[O-])c1. The Balaban J connectivity index is 2.27. The van der Waals surface area contributed by atoms with E-state index in [0.29, 0.717) is 5.69 Å². The number of benzene rings is 2. The van der Waals surface area contributed by atoms with Crippen molar-refractivity contribution in [3.8, 4) is 0 Å². The Morgan fingerprint density at radius 1 is 1.17 bits per heavy atom. The van der Waals surface area contributed by atoms with Crippen LogP contribution in [0, 0.1) is 10.1 Å². The summed E-state index contributed by atoms with van der Waals surface area (Å²) in [5, 5.41) is 14.6. The predicted molar refractivity (Wildman–Crippen MR) is 116 cm³/mol. The number of hydroxylamine groups is 1. The molecule has 0 fully saturated rings. The summed E-state index contributed by atoms with van der Waals surface area (Å²) in [5.74, 6) is -0.599. The molecule has 0 saturated heterocycles. The van der Waals surface area contributed by atoms with E-state index in [2.05, 4.69) is 10.8 Å². The summed E-state index contributed by atoms with van der Waals surface area (Å²) in [6, 6.07) is 11.7. The van der Waals surface area contributed by atoms with Crippen molar-refractivity contribution in [3.63, 3.8) is 0 Å². The third kappa shape index (κ3) is 6.46. The maximum Gasteiger partial charge on any atom is 0.338 e. The monoisotopic (exact) mass is 411 g/mol. The molecule has 8 nitrogen and oxygen atoms in total. The van der Waals surface area contributed by atoms with Gasteiger partial charge in [0.2, 0.25) is 0 Å². The quantitative estimate of drug-likeness (QED) is 0.260. The van der Waals surface area contributed by atoms with E-state index >= 15 is 0 Å². The number of nitrogens with zero attached hydrogens (tertiary/aromatic N) is 1. The Bertz CT molecular complexity index is 967. The number of hydrogen-bond acceptors (Lipinski definition) is 7. The lowest BCUT2D eigenvalue weighted by Crippen LogP contribution is -2.12. The van der Waals surface area contributed by atoms with Crippen molar-refractivity contribution in [3.05, 3.63) is 82.1 Å². The van der Waals surface area contributed by atoms with E-state index in [1.807, 2.05) is 37.3 Å². The third-order valence-corrected chi connectivity index (χ3v) is 4.00. The van der Waals surface area contributed by atoms with Gasteiger partial charge in [-0.25, -0.2) is 4.79 Å². The van der Waals surface area contributed by atoms with Crippen molar-refractivity contribution in [2.45, 2.75) is 26.9 Å². The highest BCUT2D eigenvalue weighted by molar-refractivity contribution is 5.92. The van der Waals surface area contributed by atoms with Crippen LogP contribution in [0.5, 0.6) is 0 Å². The number of nitro benzene ring substituents is 1. The summed E-state index contributed by atoms with van der Waals surface area (Å²) in [5.41, 5.74) is 5.43. The summed E-state index contributed by atoms with van der Waals surface area (Å²) >= 11 is 0. The number of esters is 1. The molecule has 0 spiro atoms. The Labute approximate surface area is 175 Å². The number of carbonyl (C=O) groups is 1. The zero-order valence-corrected chi connectivity index (χ0v) is 17.3. The average molecular weight is 411 g/mol. The molecule has 30 heavy (non-hydrogen) atoms. The van der Waals surface area contributed by atoms with Crippen LogP contribution in [0.25, 0.3) is 5.57 Å². The molecule has 0 unspecified atom stereocenters. The molecule has 2 aromatic carbocycles. The molecule has 0 aromatic heterocycles. The number of anilines is 2. The van der Waals surface area contributed by atoms with Crippen LogP contribution in [0.15, 0.2) is 60.8 Å². The standard InChI is InChI=1S/C22H25N3O5/c1-15(2)30-22(26)18-10-11-20(21(14-18)25(27)28)24-19-9-5-8-17(13-19)16(3)7-6-12-23-29-4/h5-15,23-24H,1-4H3/b12-6-,16-7+. The normalized spacial score (nSPS) is 11.6. The Morgan fingerprint density at radius 2 is 1.93 bits per heavy atom. The molecule has 0 heterocycles. The van der Waals surface area contributed by atoms with Gasteiger partial charge in [0.05, 0.1) is 23.7 Å². The highest BCUT2D eigenvalue weighted by Crippen LogP contribution is 2.30. The smallest absolute Gasteiger partial charge is 0.338 e. The first kappa shape index (κ1) is 22.6. The molecular weight excluding hydrogens is 386 g/mol. The van der Waals surface area contributed by atoms with E-state index in [-0.39, 0.29) is 23.0 Å². The highest BCUT2D eigenvalue weighted by Gasteiger charge is 2.19. The number of nitrogens with one attached hydrogen (secondary N) is 2. The van der Waals surface area contributed by atoms with E-state index in [1.165, 1.54) is 25.3 Å². The summed E-state index contributed by atoms with van der Waals surface area (Å²) in [4.78, 5) is 27.8. The molecule has 0 aliphatic carbocycles. The van der Waals surface area contributed by atoms with E-state index < -0.39 is 10.9 Å². The van der Waals surface area contributed by atoms with E-state index in [4.69, 9.17) is 9.57 Å². The third-order valence-electron chi connectivity index (χ3n) is 4.00. The second kappa shape index (κ2) is 10.8. The van der Waals surface area contributed by atoms with Crippen LogP contribution >= 0.6 is 0 Å². The number of ether oxygens (including phenoxy) is 1. The zero-order chi connectivity index (χ0) is 22.1. The Kier molecular flexibility index (Phi) is 8.13. The lowest BCUT2D eigenvalue weighted by Gasteiger charge is -2.11. The maximum atomic E-state index is 12.1. The van der Waals surface area contributed by atoms with Gasteiger partial charge in [0.25, 0.3) is 5.69 Å². The molecule has 2 aromatic rings. The minimum atomic E-state index is -0.599. The summed E-state index contributed by atoms with van der Waals surface area (Å²) < 4.78 is 5.11. The first-order valence-electron chi connectivity index (χ1n) is 9.30. The van der Waals surface area contributed by atoms with Crippen molar-refractivity contribution in [1.82, 2.24) is 5.48 Å². The van der Waals surface area contributed by atoms with Gasteiger partial charge in [0.1, 0.15) is 5.69 Å². The van der Waals surface area contributed by atoms with Crippen LogP contribution < -0.4 is 10.8 Å². The number of carbonyl (C=O) groups excluding carboxylic acids is 1. The molecular formula is C22H25N3O5. The number of allylic oxidation sites excluding steroid dienone is 3. The molecule has 0 aliphatic heterocycles. The fourth-order valence-electron chi connectivity index (χ4n) is 2.59. The van der Waals surface area contributed by atoms with Gasteiger partial charge in [-0.2, -0.15) is 0 Å². The molecule has 0 amide bonds.